The van der Waals surface area contributed by atoms with E-state index in [4.69, 9.17) is 9.84 Å². The molecule has 0 radical (unpaired) electrons. The van der Waals surface area contributed by atoms with Gasteiger partial charge in [0.15, 0.2) is 0 Å². The van der Waals surface area contributed by atoms with Crippen LogP contribution in [0.1, 0.15) is 34.3 Å². The molecule has 0 fully saturated rings. The highest BCUT2D eigenvalue weighted by Gasteiger charge is 2.06. The molecule has 5 nitrogen and oxygen atoms in total. The van der Waals surface area contributed by atoms with Crippen molar-refractivity contribution in [3.63, 3.8) is 0 Å². The van der Waals surface area contributed by atoms with E-state index in [-0.39, 0.29) is 0 Å². The number of anilines is 1. The van der Waals surface area contributed by atoms with E-state index < -0.39 is 5.97 Å². The van der Waals surface area contributed by atoms with E-state index >= 15 is 0 Å². The van der Waals surface area contributed by atoms with Crippen molar-refractivity contribution in [3.05, 3.63) is 59.3 Å². The topological polar surface area (TPSA) is 71.5 Å². The first-order valence-electron chi connectivity index (χ1n) is 7.69. The van der Waals surface area contributed by atoms with Gasteiger partial charge >= 0.3 is 5.97 Å². The number of ether oxygens (including phenoxy) is 1. The summed E-state index contributed by atoms with van der Waals surface area (Å²) in [5.41, 5.74) is 2.38. The van der Waals surface area contributed by atoms with E-state index in [1.807, 2.05) is 12.1 Å². The van der Waals surface area contributed by atoms with Gasteiger partial charge in [-0.3, -0.25) is 0 Å². The lowest BCUT2D eigenvalue weighted by Crippen LogP contribution is -2.06. The van der Waals surface area contributed by atoms with Gasteiger partial charge in [0.1, 0.15) is 5.82 Å². The van der Waals surface area contributed by atoms with Crippen LogP contribution < -0.4 is 5.32 Å². The molecule has 0 aliphatic carbocycles. The molecule has 1 aromatic carbocycles. The Morgan fingerprint density at radius 1 is 1.26 bits per heavy atom. The van der Waals surface area contributed by atoms with Gasteiger partial charge in [0.05, 0.1) is 5.56 Å². The van der Waals surface area contributed by atoms with Crippen LogP contribution in [-0.2, 0) is 17.7 Å². The van der Waals surface area contributed by atoms with Gasteiger partial charge in [0, 0.05) is 26.5 Å². The zero-order chi connectivity index (χ0) is 16.5. The molecular weight excluding hydrogens is 292 g/mol. The summed E-state index contributed by atoms with van der Waals surface area (Å²) >= 11 is 0. The maximum atomic E-state index is 11.0. The van der Waals surface area contributed by atoms with Gasteiger partial charge in [-0.2, -0.15) is 0 Å². The zero-order valence-corrected chi connectivity index (χ0v) is 13.3. The number of benzene rings is 1. The third kappa shape index (κ3) is 5.38. The highest BCUT2D eigenvalue weighted by Crippen LogP contribution is 2.16. The monoisotopic (exact) mass is 314 g/mol. The summed E-state index contributed by atoms with van der Waals surface area (Å²) in [4.78, 5) is 15.4. The summed E-state index contributed by atoms with van der Waals surface area (Å²) in [6.45, 7) is 1.31. The lowest BCUT2D eigenvalue weighted by molar-refractivity contribution is 0.0696. The van der Waals surface area contributed by atoms with Gasteiger partial charge in [-0.15, -0.1) is 0 Å². The molecule has 0 aliphatic rings. The van der Waals surface area contributed by atoms with Crippen LogP contribution in [0.15, 0.2) is 42.6 Å². The molecule has 0 saturated carbocycles. The molecule has 0 aliphatic heterocycles. The fraction of sp³-hybridized carbons (Fsp3) is 0.333. The zero-order valence-electron chi connectivity index (χ0n) is 13.3. The van der Waals surface area contributed by atoms with Crippen molar-refractivity contribution in [3.8, 4) is 0 Å². The first-order valence-corrected chi connectivity index (χ1v) is 7.69. The molecule has 2 aromatic rings. The third-order valence-corrected chi connectivity index (χ3v) is 3.57. The molecule has 2 rings (SSSR count). The number of carboxylic acid groups (broad SMARTS) is 1. The van der Waals surface area contributed by atoms with E-state index in [1.54, 1.807) is 31.5 Å². The Morgan fingerprint density at radius 3 is 2.91 bits per heavy atom. The standard InChI is InChI=1S/C18H22N2O3/c1-23-11-3-2-7-15-9-5-10-19-17(15)20-13-14-6-4-8-16(12-14)18(21)22/h4-6,8-10,12H,2-3,7,11,13H2,1H3,(H,19,20)(H,21,22). The van der Waals surface area contributed by atoms with Gasteiger partial charge in [-0.05, 0) is 48.6 Å². The van der Waals surface area contributed by atoms with Crippen molar-refractivity contribution in [2.75, 3.05) is 19.0 Å². The summed E-state index contributed by atoms with van der Waals surface area (Å²) < 4.78 is 5.07. The molecule has 2 N–H and O–H groups in total. The molecule has 0 spiro atoms. The Bertz CT molecular complexity index is 644. The van der Waals surface area contributed by atoms with Crippen LogP contribution in [0, 0.1) is 0 Å². The predicted octanol–water partition coefficient (Wildman–Crippen LogP) is 3.36. The number of aryl methyl sites for hydroxylation is 1. The largest absolute Gasteiger partial charge is 0.478 e. The van der Waals surface area contributed by atoms with Crippen molar-refractivity contribution in [1.29, 1.82) is 0 Å². The van der Waals surface area contributed by atoms with Gasteiger partial charge < -0.3 is 15.2 Å². The van der Waals surface area contributed by atoms with Gasteiger partial charge in [0.25, 0.3) is 0 Å². The number of aromatic nitrogens is 1. The summed E-state index contributed by atoms with van der Waals surface area (Å²) in [7, 11) is 1.71. The normalized spacial score (nSPS) is 10.5. The quantitative estimate of drug-likeness (QED) is 0.694. The average molecular weight is 314 g/mol. The van der Waals surface area contributed by atoms with E-state index in [0.717, 1.165) is 42.8 Å². The minimum atomic E-state index is -0.913. The molecule has 0 atom stereocenters. The highest BCUT2D eigenvalue weighted by molar-refractivity contribution is 5.87. The Labute approximate surface area is 136 Å². The molecule has 1 heterocycles. The minimum absolute atomic E-state index is 0.296. The van der Waals surface area contributed by atoms with Crippen molar-refractivity contribution in [2.45, 2.75) is 25.8 Å². The minimum Gasteiger partial charge on any atom is -0.478 e. The molecular formula is C18H22N2O3. The fourth-order valence-electron chi connectivity index (χ4n) is 2.36. The van der Waals surface area contributed by atoms with Crippen molar-refractivity contribution >= 4 is 11.8 Å². The van der Waals surface area contributed by atoms with Crippen LogP contribution >= 0.6 is 0 Å². The SMILES string of the molecule is COCCCCc1cccnc1NCc1cccc(C(=O)O)c1. The number of methoxy groups -OCH3 is 1. The van der Waals surface area contributed by atoms with E-state index in [2.05, 4.69) is 16.4 Å². The number of pyridine rings is 1. The molecule has 0 unspecified atom stereocenters. The van der Waals surface area contributed by atoms with E-state index in [0.29, 0.717) is 12.1 Å². The Morgan fingerprint density at radius 2 is 2.13 bits per heavy atom. The lowest BCUT2D eigenvalue weighted by Gasteiger charge is -2.11. The maximum absolute atomic E-state index is 11.0. The number of aromatic carboxylic acids is 1. The number of nitrogens with zero attached hydrogens (tertiary/aromatic N) is 1. The average Bonchev–Trinajstić information content (AvgIpc) is 2.58. The number of hydrogen-bond acceptors (Lipinski definition) is 4. The van der Waals surface area contributed by atoms with Gasteiger partial charge in [-0.1, -0.05) is 18.2 Å². The summed E-state index contributed by atoms with van der Waals surface area (Å²) in [5, 5.41) is 12.3. The van der Waals surface area contributed by atoms with Crippen LogP contribution in [0.4, 0.5) is 5.82 Å². The number of carbonyl (C=O) groups is 1. The third-order valence-electron chi connectivity index (χ3n) is 3.57. The molecule has 23 heavy (non-hydrogen) atoms. The number of unbranched alkanes of at least 4 members (excludes halogenated alkanes) is 1. The fourth-order valence-corrected chi connectivity index (χ4v) is 2.36. The number of carboxylic acids is 1. The maximum Gasteiger partial charge on any atom is 0.335 e. The van der Waals surface area contributed by atoms with Crippen LogP contribution in [0.2, 0.25) is 0 Å². The second-order valence-corrected chi connectivity index (χ2v) is 5.32. The van der Waals surface area contributed by atoms with Crippen LogP contribution in [0.3, 0.4) is 0 Å². The molecule has 0 saturated heterocycles. The van der Waals surface area contributed by atoms with Gasteiger partial charge in [0.2, 0.25) is 0 Å². The summed E-state index contributed by atoms with van der Waals surface area (Å²) in [6, 6.07) is 10.9. The predicted molar refractivity (Wildman–Crippen MR) is 89.8 cm³/mol. The van der Waals surface area contributed by atoms with E-state index in [1.165, 1.54) is 0 Å². The van der Waals surface area contributed by atoms with Crippen molar-refractivity contribution < 1.29 is 14.6 Å². The first-order chi connectivity index (χ1) is 11.2. The first kappa shape index (κ1) is 17.0. The summed E-state index contributed by atoms with van der Waals surface area (Å²) in [5.74, 6) is -0.0610. The number of rotatable bonds is 9. The smallest absolute Gasteiger partial charge is 0.335 e. The molecule has 122 valence electrons. The summed E-state index contributed by atoms with van der Waals surface area (Å²) in [6.07, 6.45) is 4.76. The molecule has 0 amide bonds. The van der Waals surface area contributed by atoms with Gasteiger partial charge in [-0.25, -0.2) is 9.78 Å². The van der Waals surface area contributed by atoms with Crippen molar-refractivity contribution in [1.82, 2.24) is 4.98 Å². The van der Waals surface area contributed by atoms with Crippen LogP contribution in [0.5, 0.6) is 0 Å². The Balaban J connectivity index is 1.97. The molecule has 5 heteroatoms. The van der Waals surface area contributed by atoms with Crippen LogP contribution in [-0.4, -0.2) is 29.8 Å². The molecule has 1 aromatic heterocycles. The van der Waals surface area contributed by atoms with Crippen LogP contribution in [0.25, 0.3) is 0 Å². The lowest BCUT2D eigenvalue weighted by atomic mass is 10.1. The number of hydrogen-bond donors (Lipinski definition) is 2. The second kappa shape index (κ2) is 8.90. The van der Waals surface area contributed by atoms with E-state index in [9.17, 15) is 4.79 Å². The Hall–Kier alpha value is -2.40. The Kier molecular flexibility index (Phi) is 6.56. The number of nitrogens with one attached hydrogen (secondary N) is 1. The highest BCUT2D eigenvalue weighted by atomic mass is 16.5. The van der Waals surface area contributed by atoms with Crippen molar-refractivity contribution in [2.24, 2.45) is 0 Å². The second-order valence-electron chi connectivity index (χ2n) is 5.32. The molecule has 0 bridgehead atoms.